The van der Waals surface area contributed by atoms with Crippen LogP contribution in [0.5, 0.6) is 0 Å². The molecule has 134 valence electrons. The van der Waals surface area contributed by atoms with Crippen LogP contribution in [0.4, 0.5) is 0 Å². The Kier molecular flexibility index (Phi) is 5.23. The maximum Gasteiger partial charge on any atom is 0.113 e. The van der Waals surface area contributed by atoms with E-state index < -0.39 is 8.07 Å². The van der Waals surface area contributed by atoms with Crippen molar-refractivity contribution in [1.29, 1.82) is 0 Å². The third kappa shape index (κ3) is 4.02. The van der Waals surface area contributed by atoms with Gasteiger partial charge in [0, 0.05) is 8.07 Å². The number of allylic oxidation sites excluding steroid dienone is 2. The molecule has 1 heterocycles. The van der Waals surface area contributed by atoms with Gasteiger partial charge in [0.25, 0.3) is 0 Å². The van der Waals surface area contributed by atoms with Gasteiger partial charge in [-0.2, -0.15) is 0 Å². The summed E-state index contributed by atoms with van der Waals surface area (Å²) in [5.41, 5.74) is 2.95. The predicted molar refractivity (Wildman–Crippen MR) is 114 cm³/mol. The third-order valence-corrected chi connectivity index (χ3v) is 6.24. The van der Waals surface area contributed by atoms with Crippen LogP contribution in [-0.2, 0) is 5.54 Å². The molecule has 0 aliphatic carbocycles. The average Bonchev–Trinajstić information content (AvgIpc) is 3.05. The second-order valence-corrected chi connectivity index (χ2v) is 13.5. The van der Waals surface area contributed by atoms with E-state index in [1.54, 1.807) is 0 Å². The Bertz CT molecular complexity index is 906. The van der Waals surface area contributed by atoms with E-state index in [0.717, 1.165) is 23.5 Å². The van der Waals surface area contributed by atoms with Crippen LogP contribution in [0.3, 0.4) is 0 Å². The van der Waals surface area contributed by atoms with Gasteiger partial charge in [-0.05, 0) is 30.2 Å². The van der Waals surface area contributed by atoms with Crippen molar-refractivity contribution < 1.29 is 0 Å². The summed E-state index contributed by atoms with van der Waals surface area (Å²) in [7, 11) is -1.38. The molecule has 0 amide bonds. The minimum absolute atomic E-state index is 0.258. The lowest BCUT2D eigenvalue weighted by Crippen LogP contribution is -2.39. The minimum Gasteiger partial charge on any atom is -0.235 e. The van der Waals surface area contributed by atoms with Gasteiger partial charge < -0.3 is 0 Å². The maximum atomic E-state index is 4.53. The molecular weight excluding hydrogens is 334 g/mol. The average molecular weight is 362 g/mol. The number of nitrogens with zero attached hydrogens (tertiary/aromatic N) is 3. The molecule has 0 N–H and O–H groups in total. The van der Waals surface area contributed by atoms with Crippen LogP contribution in [0, 0.1) is 0 Å². The maximum absolute atomic E-state index is 4.53. The van der Waals surface area contributed by atoms with Crippen LogP contribution in [0.1, 0.15) is 12.0 Å². The normalized spacial score (nSPS) is 14.6. The van der Waals surface area contributed by atoms with Gasteiger partial charge in [-0.1, -0.05) is 85.5 Å². The summed E-state index contributed by atoms with van der Waals surface area (Å²) < 4.78 is 2.09. The van der Waals surface area contributed by atoms with Crippen molar-refractivity contribution >= 4 is 25.2 Å². The summed E-state index contributed by atoms with van der Waals surface area (Å²) in [4.78, 5) is 0. The molecule has 0 radical (unpaired) electrons. The number of hydrogen-bond acceptors (Lipinski definition) is 2. The summed E-state index contributed by atoms with van der Waals surface area (Å²) in [6, 6.07) is 19.6. The van der Waals surface area contributed by atoms with Crippen molar-refractivity contribution in [2.75, 3.05) is 0 Å². The molecule has 3 aromatic rings. The number of rotatable bonds is 7. The van der Waals surface area contributed by atoms with Gasteiger partial charge >= 0.3 is 0 Å². The predicted octanol–water partition coefficient (Wildman–Crippen LogP) is 5.75. The van der Waals surface area contributed by atoms with Crippen molar-refractivity contribution in [3.8, 4) is 0 Å². The largest absolute Gasteiger partial charge is 0.235 e. The zero-order valence-corrected chi connectivity index (χ0v) is 16.9. The molecule has 1 unspecified atom stereocenters. The number of para-hydroxylation sites is 1. The molecule has 0 saturated carbocycles. The van der Waals surface area contributed by atoms with Crippen LogP contribution < -0.4 is 0 Å². The van der Waals surface area contributed by atoms with E-state index in [1.165, 1.54) is 5.56 Å². The lowest BCUT2D eigenvalue weighted by Gasteiger charge is -2.35. The molecule has 1 aromatic heterocycles. The molecule has 0 saturated heterocycles. The Morgan fingerprint density at radius 2 is 1.73 bits per heavy atom. The molecule has 26 heavy (non-hydrogen) atoms. The Morgan fingerprint density at radius 1 is 1.04 bits per heavy atom. The highest BCUT2D eigenvalue weighted by Crippen LogP contribution is 2.35. The van der Waals surface area contributed by atoms with E-state index in [4.69, 9.17) is 0 Å². The monoisotopic (exact) mass is 361 g/mol. The van der Waals surface area contributed by atoms with E-state index in [-0.39, 0.29) is 5.54 Å². The molecule has 0 aliphatic rings. The standard InChI is InChI=1S/C22H27N3Si/c1-5-22(18-26(2,3)4,17-11-14-19-12-7-6-8-13-19)25-21-16-10-9-15-20(21)23-24-25/h5-16H,1,17-18H2,2-4H3/b14-11+. The van der Waals surface area contributed by atoms with Crippen LogP contribution in [0.15, 0.2) is 73.3 Å². The van der Waals surface area contributed by atoms with E-state index in [1.807, 2.05) is 24.3 Å². The smallest absolute Gasteiger partial charge is 0.113 e. The number of benzene rings is 2. The molecule has 0 aliphatic heterocycles. The first-order chi connectivity index (χ1) is 12.4. The lowest BCUT2D eigenvalue weighted by molar-refractivity contribution is 0.371. The Balaban J connectivity index is 2.01. The third-order valence-electron chi connectivity index (χ3n) is 4.57. The second-order valence-electron chi connectivity index (χ2n) is 8.05. The van der Waals surface area contributed by atoms with E-state index in [9.17, 15) is 0 Å². The molecule has 2 aromatic carbocycles. The Morgan fingerprint density at radius 3 is 2.42 bits per heavy atom. The summed E-state index contributed by atoms with van der Waals surface area (Å²) in [6.07, 6.45) is 7.35. The van der Waals surface area contributed by atoms with Crippen molar-refractivity contribution in [2.45, 2.75) is 37.6 Å². The first kappa shape index (κ1) is 18.3. The molecule has 0 bridgehead atoms. The van der Waals surface area contributed by atoms with Crippen molar-refractivity contribution in [2.24, 2.45) is 0 Å². The molecule has 0 fully saturated rings. The lowest BCUT2D eigenvalue weighted by atomic mass is 9.96. The fraction of sp³-hybridized carbons (Fsp3) is 0.273. The van der Waals surface area contributed by atoms with Crippen molar-refractivity contribution in [1.82, 2.24) is 15.0 Å². The zero-order chi connectivity index (χ0) is 18.6. The second kappa shape index (κ2) is 7.42. The first-order valence-corrected chi connectivity index (χ1v) is 12.8. The number of hydrogen-bond donors (Lipinski definition) is 0. The van der Waals surface area contributed by atoms with E-state index in [0.29, 0.717) is 0 Å². The molecular formula is C22H27N3Si. The quantitative estimate of drug-likeness (QED) is 0.396. The molecule has 3 rings (SSSR count). The van der Waals surface area contributed by atoms with Crippen LogP contribution in [0.2, 0.25) is 25.7 Å². The summed E-state index contributed by atoms with van der Waals surface area (Å²) in [5, 5.41) is 8.92. The SMILES string of the molecule is C=CC(C/C=C/c1ccccc1)(C[Si](C)(C)C)n1nnc2ccccc21. The Labute approximate surface area is 157 Å². The van der Waals surface area contributed by atoms with Crippen molar-refractivity contribution in [3.63, 3.8) is 0 Å². The van der Waals surface area contributed by atoms with Gasteiger partial charge in [0.2, 0.25) is 0 Å². The highest BCUT2D eigenvalue weighted by molar-refractivity contribution is 6.76. The minimum atomic E-state index is -1.38. The van der Waals surface area contributed by atoms with Crippen LogP contribution in [0.25, 0.3) is 17.1 Å². The topological polar surface area (TPSA) is 30.7 Å². The molecule has 0 spiro atoms. The van der Waals surface area contributed by atoms with Crippen molar-refractivity contribution in [3.05, 3.63) is 78.9 Å². The first-order valence-electron chi connectivity index (χ1n) is 9.10. The Hall–Kier alpha value is -2.46. The van der Waals surface area contributed by atoms with Crippen LogP contribution >= 0.6 is 0 Å². The fourth-order valence-corrected chi connectivity index (χ4v) is 5.83. The molecule has 3 nitrogen and oxygen atoms in total. The van der Waals surface area contributed by atoms with Gasteiger partial charge in [0.05, 0.1) is 11.1 Å². The number of fused-ring (bicyclic) bond motifs is 1. The van der Waals surface area contributed by atoms with Gasteiger partial charge in [0.15, 0.2) is 0 Å². The number of aromatic nitrogens is 3. The highest BCUT2D eigenvalue weighted by Gasteiger charge is 2.35. The van der Waals surface area contributed by atoms with Gasteiger partial charge in [0.1, 0.15) is 5.52 Å². The molecule has 1 atom stereocenters. The summed E-state index contributed by atoms with van der Waals surface area (Å²) in [5.74, 6) is 0. The van der Waals surface area contributed by atoms with Gasteiger partial charge in [-0.15, -0.1) is 11.7 Å². The summed E-state index contributed by atoms with van der Waals surface area (Å²) in [6.45, 7) is 11.4. The molecule has 4 heteroatoms. The summed E-state index contributed by atoms with van der Waals surface area (Å²) >= 11 is 0. The highest BCUT2D eigenvalue weighted by atomic mass is 28.3. The van der Waals surface area contributed by atoms with E-state index >= 15 is 0 Å². The van der Waals surface area contributed by atoms with Gasteiger partial charge in [-0.3, -0.25) is 0 Å². The van der Waals surface area contributed by atoms with E-state index in [2.05, 4.69) is 89.8 Å². The zero-order valence-electron chi connectivity index (χ0n) is 15.9. The van der Waals surface area contributed by atoms with Crippen LogP contribution in [-0.4, -0.2) is 23.1 Å². The van der Waals surface area contributed by atoms with Gasteiger partial charge in [-0.25, -0.2) is 4.68 Å². The fourth-order valence-electron chi connectivity index (χ4n) is 3.55.